The molecule has 0 aliphatic rings. The Hall–Kier alpha value is -1.06. The summed E-state index contributed by atoms with van der Waals surface area (Å²) in [6, 6.07) is 0. The average molecular weight is 314 g/mol. The van der Waals surface area contributed by atoms with Crippen LogP contribution in [0.1, 0.15) is 80.1 Å². The van der Waals surface area contributed by atoms with Gasteiger partial charge in [0.1, 0.15) is 0 Å². The Morgan fingerprint density at radius 2 is 1.05 bits per heavy atom. The molecule has 2 N–H and O–H groups in total. The molecule has 130 valence electrons. The van der Waals surface area contributed by atoms with E-state index in [1.165, 1.54) is 0 Å². The lowest BCUT2D eigenvalue weighted by atomic mass is 9.55. The standard InChI is InChI=1S/C18H34O4/c1-7-17(15(19)20,11-9-13(3)4)18(8-2,16(21)22)12-10-14(5)6/h13-14H,7-12H2,1-6H3,(H,19,20)(H,21,22). The maximum Gasteiger partial charge on any atom is 0.310 e. The van der Waals surface area contributed by atoms with Crippen LogP contribution >= 0.6 is 0 Å². The molecule has 0 spiro atoms. The van der Waals surface area contributed by atoms with Crippen molar-refractivity contribution < 1.29 is 19.8 Å². The monoisotopic (exact) mass is 314 g/mol. The second kappa shape index (κ2) is 8.54. The second-order valence-corrected chi connectivity index (χ2v) is 7.35. The van der Waals surface area contributed by atoms with E-state index in [1.54, 1.807) is 0 Å². The van der Waals surface area contributed by atoms with E-state index in [1.807, 2.05) is 41.5 Å². The summed E-state index contributed by atoms with van der Waals surface area (Å²) in [6.45, 7) is 11.8. The van der Waals surface area contributed by atoms with Crippen molar-refractivity contribution >= 4 is 11.9 Å². The zero-order valence-corrected chi connectivity index (χ0v) is 15.1. The van der Waals surface area contributed by atoms with Gasteiger partial charge >= 0.3 is 11.9 Å². The quantitative estimate of drug-likeness (QED) is 0.573. The molecule has 0 amide bonds. The summed E-state index contributed by atoms with van der Waals surface area (Å²) in [6.07, 6.45) is 3.03. The number of hydrogen-bond donors (Lipinski definition) is 2. The summed E-state index contributed by atoms with van der Waals surface area (Å²) in [4.78, 5) is 24.3. The molecule has 0 aromatic heterocycles. The van der Waals surface area contributed by atoms with Crippen molar-refractivity contribution in [3.05, 3.63) is 0 Å². The molecule has 0 saturated heterocycles. The van der Waals surface area contributed by atoms with Crippen molar-refractivity contribution in [2.45, 2.75) is 80.1 Å². The first kappa shape index (κ1) is 20.9. The van der Waals surface area contributed by atoms with Gasteiger partial charge < -0.3 is 10.2 Å². The summed E-state index contributed by atoms with van der Waals surface area (Å²) >= 11 is 0. The molecule has 2 unspecified atom stereocenters. The smallest absolute Gasteiger partial charge is 0.310 e. The van der Waals surface area contributed by atoms with Gasteiger partial charge in [0.2, 0.25) is 0 Å². The normalized spacial score (nSPS) is 17.3. The largest absolute Gasteiger partial charge is 0.481 e. The minimum atomic E-state index is -1.19. The average Bonchev–Trinajstić information content (AvgIpc) is 2.41. The number of aliphatic carboxylic acids is 2. The summed E-state index contributed by atoms with van der Waals surface area (Å²) < 4.78 is 0. The molecular weight excluding hydrogens is 280 g/mol. The van der Waals surface area contributed by atoms with Gasteiger partial charge in [-0.3, -0.25) is 9.59 Å². The minimum Gasteiger partial charge on any atom is -0.481 e. The highest BCUT2D eigenvalue weighted by molar-refractivity contribution is 5.86. The molecule has 0 saturated carbocycles. The molecule has 4 nitrogen and oxygen atoms in total. The Kier molecular flexibility index (Phi) is 8.13. The van der Waals surface area contributed by atoms with Crippen molar-refractivity contribution in [3.8, 4) is 0 Å². The lowest BCUT2D eigenvalue weighted by Gasteiger charge is -2.45. The van der Waals surface area contributed by atoms with Crippen LogP contribution in [0.4, 0.5) is 0 Å². The number of hydrogen-bond acceptors (Lipinski definition) is 2. The van der Waals surface area contributed by atoms with Crippen LogP contribution in [0.2, 0.25) is 0 Å². The van der Waals surface area contributed by atoms with Gasteiger partial charge in [-0.15, -0.1) is 0 Å². The predicted octanol–water partition coefficient (Wildman–Crippen LogP) is 4.82. The molecule has 0 aromatic carbocycles. The Labute approximate surface area is 135 Å². The molecular formula is C18H34O4. The van der Waals surface area contributed by atoms with Crippen LogP contribution in [0.25, 0.3) is 0 Å². The Morgan fingerprint density at radius 1 is 0.773 bits per heavy atom. The molecule has 0 aliphatic heterocycles. The highest BCUT2D eigenvalue weighted by Gasteiger charge is 2.58. The SMILES string of the molecule is CCC(CCC(C)C)(C(=O)O)C(CC)(CCC(C)C)C(=O)O. The van der Waals surface area contributed by atoms with Crippen LogP contribution in [0.3, 0.4) is 0 Å². The number of carboxylic acid groups (broad SMARTS) is 2. The highest BCUT2D eigenvalue weighted by Crippen LogP contribution is 2.52. The lowest BCUT2D eigenvalue weighted by Crippen LogP contribution is -2.52. The second-order valence-electron chi connectivity index (χ2n) is 7.35. The topological polar surface area (TPSA) is 74.6 Å². The van der Waals surface area contributed by atoms with Crippen LogP contribution in [0.5, 0.6) is 0 Å². The minimum absolute atomic E-state index is 0.354. The Morgan fingerprint density at radius 3 is 1.18 bits per heavy atom. The van der Waals surface area contributed by atoms with Gasteiger partial charge in [0.05, 0.1) is 10.8 Å². The van der Waals surface area contributed by atoms with Crippen molar-refractivity contribution in [1.82, 2.24) is 0 Å². The van der Waals surface area contributed by atoms with E-state index in [2.05, 4.69) is 0 Å². The molecule has 22 heavy (non-hydrogen) atoms. The molecule has 0 rings (SSSR count). The summed E-state index contributed by atoms with van der Waals surface area (Å²) in [7, 11) is 0. The molecule has 0 heterocycles. The van der Waals surface area contributed by atoms with Crippen molar-refractivity contribution in [2.75, 3.05) is 0 Å². The van der Waals surface area contributed by atoms with E-state index in [9.17, 15) is 19.8 Å². The van der Waals surface area contributed by atoms with E-state index < -0.39 is 22.8 Å². The van der Waals surface area contributed by atoms with E-state index in [0.29, 0.717) is 37.5 Å². The number of carboxylic acids is 2. The lowest BCUT2D eigenvalue weighted by molar-refractivity contribution is -0.178. The van der Waals surface area contributed by atoms with E-state index in [0.717, 1.165) is 12.8 Å². The van der Waals surface area contributed by atoms with Crippen molar-refractivity contribution in [3.63, 3.8) is 0 Å². The summed E-state index contributed by atoms with van der Waals surface area (Å²) in [5, 5.41) is 19.9. The first-order valence-electron chi connectivity index (χ1n) is 8.56. The molecule has 4 heteroatoms. The third-order valence-corrected chi connectivity index (χ3v) is 5.24. The van der Waals surface area contributed by atoms with Crippen LogP contribution in [-0.2, 0) is 9.59 Å². The molecule has 0 radical (unpaired) electrons. The molecule has 2 atom stereocenters. The third kappa shape index (κ3) is 4.23. The highest BCUT2D eigenvalue weighted by atomic mass is 16.4. The maximum atomic E-state index is 12.2. The molecule has 0 aromatic rings. The van der Waals surface area contributed by atoms with E-state index >= 15 is 0 Å². The van der Waals surface area contributed by atoms with Gasteiger partial charge in [-0.25, -0.2) is 0 Å². The van der Waals surface area contributed by atoms with Crippen LogP contribution in [-0.4, -0.2) is 22.2 Å². The van der Waals surface area contributed by atoms with Crippen molar-refractivity contribution in [2.24, 2.45) is 22.7 Å². The number of carbonyl (C=O) groups is 2. The van der Waals surface area contributed by atoms with E-state index in [4.69, 9.17) is 0 Å². The van der Waals surface area contributed by atoms with Gasteiger partial charge in [0, 0.05) is 0 Å². The van der Waals surface area contributed by atoms with Crippen molar-refractivity contribution in [1.29, 1.82) is 0 Å². The first-order chi connectivity index (χ1) is 10.1. The van der Waals surface area contributed by atoms with Gasteiger partial charge in [0.15, 0.2) is 0 Å². The third-order valence-electron chi connectivity index (χ3n) is 5.24. The number of rotatable bonds is 11. The first-order valence-corrected chi connectivity index (χ1v) is 8.56. The Balaban J connectivity index is 5.91. The molecule has 0 fully saturated rings. The fraction of sp³-hybridized carbons (Fsp3) is 0.889. The van der Waals surface area contributed by atoms with Gasteiger partial charge in [0.25, 0.3) is 0 Å². The fourth-order valence-corrected chi connectivity index (χ4v) is 3.50. The molecule has 0 bridgehead atoms. The fourth-order valence-electron chi connectivity index (χ4n) is 3.50. The zero-order valence-electron chi connectivity index (χ0n) is 15.1. The van der Waals surface area contributed by atoms with Crippen LogP contribution in [0, 0.1) is 22.7 Å². The van der Waals surface area contributed by atoms with E-state index in [-0.39, 0.29) is 0 Å². The van der Waals surface area contributed by atoms with Gasteiger partial charge in [-0.05, 0) is 50.4 Å². The summed E-state index contributed by atoms with van der Waals surface area (Å²) in [5.74, 6) is -1.19. The van der Waals surface area contributed by atoms with Gasteiger partial charge in [-0.2, -0.15) is 0 Å². The van der Waals surface area contributed by atoms with Gasteiger partial charge in [-0.1, -0.05) is 41.5 Å². The Bertz CT molecular complexity index is 339. The summed E-state index contributed by atoms with van der Waals surface area (Å²) in [5.41, 5.74) is -2.38. The van der Waals surface area contributed by atoms with Crippen LogP contribution in [0.15, 0.2) is 0 Å². The van der Waals surface area contributed by atoms with Crippen LogP contribution < -0.4 is 0 Å². The zero-order chi connectivity index (χ0) is 17.6. The maximum absolute atomic E-state index is 12.2. The predicted molar refractivity (Wildman–Crippen MR) is 88.9 cm³/mol. The molecule has 0 aliphatic carbocycles.